The number of halogens is 3. The van der Waals surface area contributed by atoms with E-state index in [0.717, 1.165) is 4.47 Å². The van der Waals surface area contributed by atoms with Crippen molar-refractivity contribution in [2.24, 2.45) is 11.8 Å². The third kappa shape index (κ3) is 4.61. The monoisotopic (exact) mass is 625 g/mol. The molecular weight excluding hydrogens is 610 g/mol. The van der Waals surface area contributed by atoms with Crippen LogP contribution in [0.15, 0.2) is 53.0 Å². The van der Waals surface area contributed by atoms with Crippen LogP contribution < -0.4 is 4.90 Å². The highest BCUT2D eigenvalue weighted by atomic mass is 79.9. The Kier molecular flexibility index (Phi) is 6.97. The van der Waals surface area contributed by atoms with Crippen molar-refractivity contribution in [2.45, 2.75) is 22.5 Å². The Labute approximate surface area is 210 Å². The lowest BCUT2D eigenvalue weighted by Gasteiger charge is -2.29. The fraction of sp³-hybridized carbons (Fsp3) is 0.304. The number of Topliss-reactive ketones (excluding diaryl/α,β-unsaturated/α-hetero) is 1. The molecule has 0 spiro atoms. The number of ether oxygens (including phenoxy) is 1. The maximum atomic E-state index is 12.9. The van der Waals surface area contributed by atoms with Gasteiger partial charge in [0.15, 0.2) is 12.4 Å². The summed E-state index contributed by atoms with van der Waals surface area (Å²) in [5.74, 6) is -2.06. The second-order valence-electron chi connectivity index (χ2n) is 7.78. The normalized spacial score (nSPS) is 24.9. The van der Waals surface area contributed by atoms with E-state index in [1.807, 2.05) is 0 Å². The molecule has 1 saturated heterocycles. The number of rotatable bonds is 5. The van der Waals surface area contributed by atoms with E-state index in [0.29, 0.717) is 24.1 Å². The zero-order valence-electron chi connectivity index (χ0n) is 16.7. The summed E-state index contributed by atoms with van der Waals surface area (Å²) in [6.07, 6.45) is 1.19. The van der Waals surface area contributed by atoms with Gasteiger partial charge in [-0.2, -0.15) is 0 Å². The van der Waals surface area contributed by atoms with Gasteiger partial charge < -0.3 is 4.74 Å². The number of ketones is 1. The van der Waals surface area contributed by atoms with Gasteiger partial charge in [0, 0.05) is 19.7 Å². The van der Waals surface area contributed by atoms with Crippen LogP contribution in [0, 0.1) is 11.8 Å². The molecule has 32 heavy (non-hydrogen) atoms. The van der Waals surface area contributed by atoms with Crippen LogP contribution in [0.3, 0.4) is 0 Å². The summed E-state index contributed by atoms with van der Waals surface area (Å²) < 4.78 is 5.97. The van der Waals surface area contributed by atoms with Gasteiger partial charge in [-0.3, -0.25) is 19.3 Å². The summed E-state index contributed by atoms with van der Waals surface area (Å²) in [6.45, 7) is -0.379. The standard InChI is InChI=1S/C23H18Br3NO5/c24-14-5-1-12(2-6-14)20(28)11-32-23(31)13-3-7-15(8-4-13)27-21(29)16-9-18(25)19(26)10-17(16)22(27)30/h1-8,16-19H,9-11H2/t16-,17+,18+,19-. The molecule has 1 saturated carbocycles. The van der Waals surface area contributed by atoms with E-state index in [2.05, 4.69) is 47.8 Å². The second-order valence-corrected chi connectivity index (χ2v) is 11.0. The number of carbonyl (C=O) groups is 4. The Balaban J connectivity index is 1.41. The van der Waals surface area contributed by atoms with Gasteiger partial charge in [-0.05, 0) is 49.2 Å². The first kappa shape index (κ1) is 23.3. The van der Waals surface area contributed by atoms with Gasteiger partial charge >= 0.3 is 5.97 Å². The van der Waals surface area contributed by atoms with Crippen LogP contribution in [0.25, 0.3) is 0 Å². The van der Waals surface area contributed by atoms with Crippen molar-refractivity contribution in [3.8, 4) is 0 Å². The van der Waals surface area contributed by atoms with E-state index in [1.165, 1.54) is 17.0 Å². The Morgan fingerprint density at radius 3 is 1.88 bits per heavy atom. The maximum absolute atomic E-state index is 12.9. The molecule has 6 nitrogen and oxygen atoms in total. The van der Waals surface area contributed by atoms with Crippen molar-refractivity contribution in [2.75, 3.05) is 11.5 Å². The molecule has 9 heteroatoms. The molecule has 2 aliphatic rings. The van der Waals surface area contributed by atoms with Crippen molar-refractivity contribution in [1.29, 1.82) is 0 Å². The molecule has 4 rings (SSSR count). The van der Waals surface area contributed by atoms with Gasteiger partial charge in [0.1, 0.15) is 0 Å². The van der Waals surface area contributed by atoms with Gasteiger partial charge in [0.2, 0.25) is 11.8 Å². The number of imide groups is 1. The molecule has 1 aliphatic carbocycles. The summed E-state index contributed by atoms with van der Waals surface area (Å²) >= 11 is 10.5. The fourth-order valence-electron chi connectivity index (χ4n) is 4.03. The lowest BCUT2D eigenvalue weighted by Crippen LogP contribution is -2.34. The van der Waals surface area contributed by atoms with Crippen LogP contribution in [0.4, 0.5) is 5.69 Å². The van der Waals surface area contributed by atoms with Gasteiger partial charge in [-0.15, -0.1) is 0 Å². The van der Waals surface area contributed by atoms with E-state index >= 15 is 0 Å². The van der Waals surface area contributed by atoms with Crippen molar-refractivity contribution < 1.29 is 23.9 Å². The topological polar surface area (TPSA) is 80.8 Å². The third-order valence-electron chi connectivity index (χ3n) is 5.77. The van der Waals surface area contributed by atoms with E-state index < -0.39 is 5.97 Å². The Hall–Kier alpha value is -1.84. The SMILES string of the molecule is O=C(COC(=O)c1ccc(N2C(=O)[C@H]3C[C@@H](Br)[C@@H](Br)C[C@H]3C2=O)cc1)c1ccc(Br)cc1. The van der Waals surface area contributed by atoms with Gasteiger partial charge in [0.25, 0.3) is 0 Å². The quantitative estimate of drug-likeness (QED) is 0.204. The summed E-state index contributed by atoms with van der Waals surface area (Å²) in [5, 5.41) is 0. The average molecular weight is 628 g/mol. The second kappa shape index (κ2) is 9.57. The van der Waals surface area contributed by atoms with Crippen molar-refractivity contribution in [3.05, 3.63) is 64.1 Å². The fourth-order valence-corrected chi connectivity index (χ4v) is 5.53. The number of esters is 1. The predicted molar refractivity (Wildman–Crippen MR) is 129 cm³/mol. The highest BCUT2D eigenvalue weighted by Crippen LogP contribution is 2.44. The molecule has 2 fully saturated rings. The van der Waals surface area contributed by atoms with Crippen LogP contribution in [-0.2, 0) is 14.3 Å². The Bertz CT molecular complexity index is 1040. The molecule has 0 unspecified atom stereocenters. The minimum Gasteiger partial charge on any atom is -0.454 e. The van der Waals surface area contributed by atoms with Crippen molar-refractivity contribution in [3.63, 3.8) is 0 Å². The molecule has 0 aromatic heterocycles. The number of amides is 2. The molecular formula is C23H18Br3NO5. The molecule has 2 aromatic rings. The van der Waals surface area contributed by atoms with E-state index in [9.17, 15) is 19.2 Å². The van der Waals surface area contributed by atoms with E-state index in [4.69, 9.17) is 4.74 Å². The van der Waals surface area contributed by atoms with Crippen LogP contribution >= 0.6 is 47.8 Å². The molecule has 166 valence electrons. The van der Waals surface area contributed by atoms with Crippen LogP contribution in [0.5, 0.6) is 0 Å². The van der Waals surface area contributed by atoms with Gasteiger partial charge in [0.05, 0.1) is 23.1 Å². The van der Waals surface area contributed by atoms with E-state index in [1.54, 1.807) is 36.4 Å². The number of alkyl halides is 2. The number of anilines is 1. The summed E-state index contributed by atoms with van der Waals surface area (Å²) in [6, 6.07) is 12.9. The lowest BCUT2D eigenvalue weighted by molar-refractivity contribution is -0.122. The molecule has 0 N–H and O–H groups in total. The van der Waals surface area contributed by atoms with Crippen molar-refractivity contribution >= 4 is 77.0 Å². The molecule has 0 bridgehead atoms. The first-order chi connectivity index (χ1) is 15.3. The smallest absolute Gasteiger partial charge is 0.338 e. The molecule has 1 heterocycles. The zero-order valence-corrected chi connectivity index (χ0v) is 21.4. The number of benzene rings is 2. The minimum atomic E-state index is -0.654. The van der Waals surface area contributed by atoms with Crippen LogP contribution in [-0.4, -0.2) is 39.8 Å². The van der Waals surface area contributed by atoms with E-state index in [-0.39, 0.29) is 51.3 Å². The maximum Gasteiger partial charge on any atom is 0.338 e. The minimum absolute atomic E-state index is 0.137. The number of fused-ring (bicyclic) bond motifs is 1. The molecule has 2 amide bonds. The molecule has 2 aromatic carbocycles. The summed E-state index contributed by atoms with van der Waals surface area (Å²) in [7, 11) is 0. The third-order valence-corrected chi connectivity index (χ3v) is 9.04. The summed E-state index contributed by atoms with van der Waals surface area (Å²) in [5.41, 5.74) is 1.10. The van der Waals surface area contributed by atoms with Gasteiger partial charge in [-0.25, -0.2) is 4.79 Å². The number of nitrogens with zero attached hydrogens (tertiary/aromatic N) is 1. The van der Waals surface area contributed by atoms with Crippen LogP contribution in [0.2, 0.25) is 0 Å². The Morgan fingerprint density at radius 2 is 1.34 bits per heavy atom. The predicted octanol–water partition coefficient (Wildman–Crippen LogP) is 4.92. The van der Waals surface area contributed by atoms with Crippen LogP contribution in [0.1, 0.15) is 33.6 Å². The first-order valence-corrected chi connectivity index (χ1v) is 12.6. The summed E-state index contributed by atoms with van der Waals surface area (Å²) in [4.78, 5) is 51.8. The van der Waals surface area contributed by atoms with Crippen molar-refractivity contribution in [1.82, 2.24) is 0 Å². The lowest BCUT2D eigenvalue weighted by atomic mass is 9.81. The number of hydrogen-bond donors (Lipinski definition) is 0. The molecule has 4 atom stereocenters. The first-order valence-electron chi connectivity index (χ1n) is 9.98. The average Bonchev–Trinajstić information content (AvgIpc) is 3.02. The zero-order chi connectivity index (χ0) is 23.0. The molecule has 0 radical (unpaired) electrons. The Morgan fingerprint density at radius 1 is 0.844 bits per heavy atom. The number of hydrogen-bond acceptors (Lipinski definition) is 5. The largest absolute Gasteiger partial charge is 0.454 e. The highest BCUT2D eigenvalue weighted by molar-refractivity contribution is 9.12. The number of carbonyl (C=O) groups excluding carboxylic acids is 4. The highest BCUT2D eigenvalue weighted by Gasteiger charge is 2.52. The van der Waals surface area contributed by atoms with Gasteiger partial charge in [-0.1, -0.05) is 59.9 Å². The molecule has 1 aliphatic heterocycles.